The molecule has 6 atom stereocenters. The van der Waals surface area contributed by atoms with Crippen LogP contribution in [0.15, 0.2) is 11.6 Å². The second kappa shape index (κ2) is 4.32. The van der Waals surface area contributed by atoms with Crippen LogP contribution in [-0.4, -0.2) is 35.0 Å². The van der Waals surface area contributed by atoms with Gasteiger partial charge in [0.05, 0.1) is 18.1 Å². The molecule has 4 heteroatoms. The van der Waals surface area contributed by atoms with Crippen LogP contribution in [0.4, 0.5) is 0 Å². The summed E-state index contributed by atoms with van der Waals surface area (Å²) in [6, 6.07) is 0. The molecule has 0 aromatic heterocycles. The van der Waals surface area contributed by atoms with E-state index in [9.17, 15) is 9.90 Å². The Morgan fingerprint density at radius 3 is 2.95 bits per heavy atom. The maximum Gasteiger partial charge on any atom is 0.309 e. The third-order valence-electron chi connectivity index (χ3n) is 5.07. The van der Waals surface area contributed by atoms with Crippen molar-refractivity contribution in [2.24, 2.45) is 11.8 Å². The standard InChI is InChI=1S/C15H22O4/c1-8-4-5-13-15(3,19-13)12(16)7-10-9(2)14(17)18-11(10)6-8/h6,9-13,16H,4-5,7H2,1-3H3/b8-6+/t9-,10-,11+,12-,13+,15+/m0/s1. The maximum absolute atomic E-state index is 11.8. The van der Waals surface area contributed by atoms with Gasteiger partial charge in [0.25, 0.3) is 0 Å². The number of rotatable bonds is 0. The molecule has 2 fully saturated rings. The summed E-state index contributed by atoms with van der Waals surface area (Å²) in [4.78, 5) is 11.8. The summed E-state index contributed by atoms with van der Waals surface area (Å²) in [6.07, 6.45) is 3.93. The Morgan fingerprint density at radius 1 is 1.47 bits per heavy atom. The molecule has 0 aromatic rings. The Morgan fingerprint density at radius 2 is 2.21 bits per heavy atom. The molecule has 19 heavy (non-hydrogen) atoms. The fourth-order valence-electron chi connectivity index (χ4n) is 3.41. The molecule has 3 rings (SSSR count). The van der Waals surface area contributed by atoms with E-state index in [1.165, 1.54) is 5.57 Å². The van der Waals surface area contributed by atoms with Crippen LogP contribution in [-0.2, 0) is 14.3 Å². The maximum atomic E-state index is 11.8. The van der Waals surface area contributed by atoms with Crippen molar-refractivity contribution in [2.75, 3.05) is 0 Å². The average Bonchev–Trinajstić information content (AvgIpc) is 2.96. The largest absolute Gasteiger partial charge is 0.458 e. The minimum atomic E-state index is -0.520. The SMILES string of the molecule is C/C1=C\[C@H]2OC(=O)[C@@H](C)[C@@H]2C[C@H](O)[C@@]2(C)O[C@@H]2CC1. The first kappa shape index (κ1) is 13.1. The smallest absolute Gasteiger partial charge is 0.309 e. The molecular weight excluding hydrogens is 244 g/mol. The molecular formula is C15H22O4. The molecule has 1 aliphatic carbocycles. The first-order valence-corrected chi connectivity index (χ1v) is 7.15. The third kappa shape index (κ3) is 2.11. The molecule has 0 aromatic carbocycles. The lowest BCUT2D eigenvalue weighted by atomic mass is 9.81. The van der Waals surface area contributed by atoms with Crippen LogP contribution in [0.3, 0.4) is 0 Å². The van der Waals surface area contributed by atoms with Crippen LogP contribution in [0.25, 0.3) is 0 Å². The van der Waals surface area contributed by atoms with E-state index in [1.807, 2.05) is 13.8 Å². The number of ether oxygens (including phenoxy) is 2. The minimum absolute atomic E-state index is 0.0530. The molecule has 4 nitrogen and oxygen atoms in total. The van der Waals surface area contributed by atoms with Gasteiger partial charge < -0.3 is 14.6 Å². The molecule has 3 aliphatic rings. The van der Waals surface area contributed by atoms with Gasteiger partial charge in [-0.3, -0.25) is 4.79 Å². The Balaban J connectivity index is 1.88. The fourth-order valence-corrected chi connectivity index (χ4v) is 3.41. The molecule has 0 spiro atoms. The second-order valence-electron chi connectivity index (χ2n) is 6.45. The number of esters is 1. The topological polar surface area (TPSA) is 59.1 Å². The van der Waals surface area contributed by atoms with Gasteiger partial charge in [0.1, 0.15) is 11.7 Å². The highest BCUT2D eigenvalue weighted by atomic mass is 16.6. The number of epoxide rings is 1. The zero-order valence-corrected chi connectivity index (χ0v) is 11.8. The Bertz CT molecular complexity index is 430. The fraction of sp³-hybridized carbons (Fsp3) is 0.800. The molecule has 0 saturated carbocycles. The summed E-state index contributed by atoms with van der Waals surface area (Å²) >= 11 is 0. The van der Waals surface area contributed by atoms with Gasteiger partial charge >= 0.3 is 5.97 Å². The van der Waals surface area contributed by atoms with Crippen LogP contribution in [0.2, 0.25) is 0 Å². The number of aliphatic hydroxyl groups is 1. The molecule has 0 radical (unpaired) electrons. The van der Waals surface area contributed by atoms with Gasteiger partial charge in [-0.25, -0.2) is 0 Å². The molecule has 0 unspecified atom stereocenters. The Hall–Kier alpha value is -0.870. The number of carbonyl (C=O) groups excluding carboxylic acids is 1. The van der Waals surface area contributed by atoms with Crippen molar-refractivity contribution in [2.45, 2.75) is 63.9 Å². The summed E-state index contributed by atoms with van der Waals surface area (Å²) in [7, 11) is 0. The van der Waals surface area contributed by atoms with E-state index >= 15 is 0 Å². The third-order valence-corrected chi connectivity index (χ3v) is 5.07. The Labute approximate surface area is 113 Å². The van der Waals surface area contributed by atoms with Crippen molar-refractivity contribution in [3.05, 3.63) is 11.6 Å². The zero-order chi connectivity index (χ0) is 13.8. The monoisotopic (exact) mass is 266 g/mol. The van der Waals surface area contributed by atoms with Gasteiger partial charge in [-0.2, -0.15) is 0 Å². The highest BCUT2D eigenvalue weighted by Crippen LogP contribution is 2.47. The van der Waals surface area contributed by atoms with Crippen LogP contribution in [0.5, 0.6) is 0 Å². The van der Waals surface area contributed by atoms with Crippen molar-refractivity contribution in [3.8, 4) is 0 Å². The number of aliphatic hydroxyl groups excluding tert-OH is 1. The highest BCUT2D eigenvalue weighted by molar-refractivity contribution is 5.75. The molecule has 1 N–H and O–H groups in total. The van der Waals surface area contributed by atoms with E-state index in [4.69, 9.17) is 9.47 Å². The van der Waals surface area contributed by atoms with Gasteiger partial charge in [0.15, 0.2) is 0 Å². The van der Waals surface area contributed by atoms with Crippen LogP contribution in [0, 0.1) is 11.8 Å². The predicted molar refractivity (Wildman–Crippen MR) is 69.4 cm³/mol. The van der Waals surface area contributed by atoms with Crippen molar-refractivity contribution >= 4 is 5.97 Å². The summed E-state index contributed by atoms with van der Waals surface area (Å²) in [5.41, 5.74) is 0.819. The molecule has 2 heterocycles. The minimum Gasteiger partial charge on any atom is -0.458 e. The number of fused-ring (bicyclic) bond motifs is 2. The second-order valence-corrected chi connectivity index (χ2v) is 6.45. The van der Waals surface area contributed by atoms with Gasteiger partial charge in [-0.15, -0.1) is 0 Å². The van der Waals surface area contributed by atoms with Gasteiger partial charge in [-0.1, -0.05) is 12.5 Å². The van der Waals surface area contributed by atoms with E-state index in [2.05, 4.69) is 13.0 Å². The number of carbonyl (C=O) groups is 1. The van der Waals surface area contributed by atoms with E-state index in [1.54, 1.807) is 0 Å². The highest BCUT2D eigenvalue weighted by Gasteiger charge is 2.58. The van der Waals surface area contributed by atoms with Gasteiger partial charge in [0, 0.05) is 5.92 Å². The number of hydrogen-bond acceptors (Lipinski definition) is 4. The van der Waals surface area contributed by atoms with Crippen LogP contribution in [0.1, 0.15) is 40.0 Å². The number of hydrogen-bond donors (Lipinski definition) is 1. The summed E-state index contributed by atoms with van der Waals surface area (Å²) < 4.78 is 11.1. The van der Waals surface area contributed by atoms with E-state index in [0.717, 1.165) is 12.8 Å². The van der Waals surface area contributed by atoms with E-state index in [0.29, 0.717) is 6.42 Å². The zero-order valence-electron chi connectivity index (χ0n) is 11.8. The van der Waals surface area contributed by atoms with E-state index in [-0.39, 0.29) is 30.0 Å². The first-order chi connectivity index (χ1) is 8.91. The lowest BCUT2D eigenvalue weighted by Crippen LogP contribution is -2.35. The summed E-state index contributed by atoms with van der Waals surface area (Å²) in [5.74, 6) is -0.245. The van der Waals surface area contributed by atoms with Crippen molar-refractivity contribution in [1.29, 1.82) is 0 Å². The average molecular weight is 266 g/mol. The lowest BCUT2D eigenvalue weighted by Gasteiger charge is -2.24. The molecule has 2 aliphatic heterocycles. The van der Waals surface area contributed by atoms with Crippen molar-refractivity contribution < 1.29 is 19.4 Å². The first-order valence-electron chi connectivity index (χ1n) is 7.15. The quantitative estimate of drug-likeness (QED) is 0.413. The molecule has 2 saturated heterocycles. The van der Waals surface area contributed by atoms with Crippen molar-refractivity contribution in [1.82, 2.24) is 0 Å². The number of allylic oxidation sites excluding steroid dienone is 1. The molecule has 106 valence electrons. The van der Waals surface area contributed by atoms with Gasteiger partial charge in [-0.05, 0) is 39.2 Å². The normalized spacial score (nSPS) is 52.5. The van der Waals surface area contributed by atoms with E-state index < -0.39 is 11.7 Å². The summed E-state index contributed by atoms with van der Waals surface area (Å²) in [6.45, 7) is 5.94. The Kier molecular flexibility index (Phi) is 2.98. The van der Waals surface area contributed by atoms with Crippen molar-refractivity contribution in [3.63, 3.8) is 0 Å². The van der Waals surface area contributed by atoms with Crippen LogP contribution >= 0.6 is 0 Å². The predicted octanol–water partition coefficient (Wildman–Crippen LogP) is 1.81. The van der Waals surface area contributed by atoms with Gasteiger partial charge in [0.2, 0.25) is 0 Å². The lowest BCUT2D eigenvalue weighted by molar-refractivity contribution is -0.142. The molecule has 0 amide bonds. The van der Waals surface area contributed by atoms with Crippen LogP contribution < -0.4 is 0 Å². The summed E-state index contributed by atoms with van der Waals surface area (Å²) in [5, 5.41) is 10.4. The molecule has 0 bridgehead atoms.